The second-order valence-electron chi connectivity index (χ2n) is 4.47. The Hall–Kier alpha value is -0.990. The zero-order valence-corrected chi connectivity index (χ0v) is 13.7. The molecule has 0 fully saturated rings. The molecule has 2 N–H and O–H groups in total. The van der Waals surface area contributed by atoms with Crippen LogP contribution >= 0.6 is 22.9 Å². The van der Waals surface area contributed by atoms with Crippen LogP contribution in [0.2, 0.25) is 5.02 Å². The standard InChI is InChI=1S/C13H15ClN2O3S2/c1-9-10(6-17)4-11(14)5-13(9)21(18,19)16-3-2-12-7-20-8-15-12/h4-5,7-8,16-17H,2-3,6H2,1H3. The highest BCUT2D eigenvalue weighted by molar-refractivity contribution is 7.89. The van der Waals surface area contributed by atoms with Crippen LogP contribution in [0, 0.1) is 6.92 Å². The summed E-state index contributed by atoms with van der Waals surface area (Å²) in [4.78, 5) is 4.19. The Morgan fingerprint density at radius 3 is 2.81 bits per heavy atom. The van der Waals surface area contributed by atoms with Crippen molar-refractivity contribution in [3.63, 3.8) is 0 Å². The third-order valence-corrected chi connectivity index (χ3v) is 5.49. The third-order valence-electron chi connectivity index (χ3n) is 3.05. The van der Waals surface area contributed by atoms with Crippen molar-refractivity contribution >= 4 is 33.0 Å². The quantitative estimate of drug-likeness (QED) is 0.839. The van der Waals surface area contributed by atoms with E-state index in [-0.39, 0.29) is 23.1 Å². The number of benzene rings is 1. The molecule has 1 heterocycles. The molecule has 2 rings (SSSR count). The zero-order valence-electron chi connectivity index (χ0n) is 11.3. The Morgan fingerprint density at radius 2 is 2.19 bits per heavy atom. The molecular formula is C13H15ClN2O3S2. The maximum absolute atomic E-state index is 12.3. The molecule has 0 spiro atoms. The lowest BCUT2D eigenvalue weighted by Crippen LogP contribution is -2.27. The van der Waals surface area contributed by atoms with E-state index in [1.165, 1.54) is 17.4 Å². The predicted molar refractivity (Wildman–Crippen MR) is 83.1 cm³/mol. The van der Waals surface area contributed by atoms with Gasteiger partial charge in [-0.05, 0) is 30.2 Å². The smallest absolute Gasteiger partial charge is 0.240 e. The normalized spacial score (nSPS) is 11.8. The lowest BCUT2D eigenvalue weighted by molar-refractivity contribution is 0.280. The second-order valence-corrected chi connectivity index (χ2v) is 7.36. The SMILES string of the molecule is Cc1c(CO)cc(Cl)cc1S(=O)(=O)NCCc1cscn1. The molecule has 1 aromatic carbocycles. The summed E-state index contributed by atoms with van der Waals surface area (Å²) in [5.74, 6) is 0. The minimum absolute atomic E-state index is 0.0947. The molecular weight excluding hydrogens is 332 g/mol. The van der Waals surface area contributed by atoms with Gasteiger partial charge in [-0.2, -0.15) is 0 Å². The van der Waals surface area contributed by atoms with E-state index >= 15 is 0 Å². The van der Waals surface area contributed by atoms with Crippen molar-refractivity contribution in [1.29, 1.82) is 0 Å². The van der Waals surface area contributed by atoms with Gasteiger partial charge in [-0.25, -0.2) is 18.1 Å². The van der Waals surface area contributed by atoms with Crippen molar-refractivity contribution in [2.75, 3.05) is 6.54 Å². The van der Waals surface area contributed by atoms with E-state index in [0.717, 1.165) is 5.69 Å². The number of aromatic nitrogens is 1. The van der Waals surface area contributed by atoms with Gasteiger partial charge >= 0.3 is 0 Å². The Kier molecular flexibility index (Phi) is 5.34. The molecule has 0 atom stereocenters. The summed E-state index contributed by atoms with van der Waals surface area (Å²) < 4.78 is 27.2. The van der Waals surface area contributed by atoms with Gasteiger partial charge in [-0.1, -0.05) is 11.6 Å². The summed E-state index contributed by atoms with van der Waals surface area (Å²) in [7, 11) is -3.67. The molecule has 114 valence electrons. The minimum Gasteiger partial charge on any atom is -0.392 e. The van der Waals surface area contributed by atoms with E-state index in [0.29, 0.717) is 17.5 Å². The molecule has 0 aliphatic heterocycles. The van der Waals surface area contributed by atoms with Crippen LogP contribution in [0.3, 0.4) is 0 Å². The lowest BCUT2D eigenvalue weighted by Gasteiger charge is -2.12. The maximum atomic E-state index is 12.3. The average molecular weight is 347 g/mol. The van der Waals surface area contributed by atoms with Gasteiger partial charge in [0.05, 0.1) is 22.7 Å². The van der Waals surface area contributed by atoms with Crippen molar-refractivity contribution in [3.05, 3.63) is 44.9 Å². The minimum atomic E-state index is -3.67. The first-order chi connectivity index (χ1) is 9.94. The topological polar surface area (TPSA) is 79.3 Å². The lowest BCUT2D eigenvalue weighted by atomic mass is 10.1. The van der Waals surface area contributed by atoms with Gasteiger partial charge in [0.1, 0.15) is 0 Å². The van der Waals surface area contributed by atoms with E-state index in [1.807, 2.05) is 5.38 Å². The molecule has 21 heavy (non-hydrogen) atoms. The van der Waals surface area contributed by atoms with Crippen LogP contribution in [0.1, 0.15) is 16.8 Å². The second kappa shape index (κ2) is 6.85. The van der Waals surface area contributed by atoms with Crippen LogP contribution < -0.4 is 4.72 Å². The fourth-order valence-electron chi connectivity index (χ4n) is 1.90. The van der Waals surface area contributed by atoms with Crippen LogP contribution in [0.5, 0.6) is 0 Å². The van der Waals surface area contributed by atoms with E-state index in [4.69, 9.17) is 11.6 Å². The van der Waals surface area contributed by atoms with Crippen LogP contribution in [0.4, 0.5) is 0 Å². The van der Waals surface area contributed by atoms with Crippen molar-refractivity contribution in [2.24, 2.45) is 0 Å². The summed E-state index contributed by atoms with van der Waals surface area (Å²) in [6.45, 7) is 1.65. The number of thiazole rings is 1. The fourth-order valence-corrected chi connectivity index (χ4v) is 4.14. The Balaban J connectivity index is 2.17. The molecule has 0 aliphatic rings. The van der Waals surface area contributed by atoms with Crippen molar-refractivity contribution in [2.45, 2.75) is 24.8 Å². The van der Waals surface area contributed by atoms with Gasteiger partial charge in [-0.15, -0.1) is 11.3 Å². The number of hydrogen-bond donors (Lipinski definition) is 2. The number of sulfonamides is 1. The van der Waals surface area contributed by atoms with E-state index < -0.39 is 10.0 Å². The summed E-state index contributed by atoms with van der Waals surface area (Å²) in [5.41, 5.74) is 3.56. The molecule has 0 amide bonds. The van der Waals surface area contributed by atoms with E-state index in [1.54, 1.807) is 18.5 Å². The molecule has 1 aromatic heterocycles. The van der Waals surface area contributed by atoms with Crippen LogP contribution in [-0.4, -0.2) is 25.1 Å². The summed E-state index contributed by atoms with van der Waals surface area (Å²) in [5, 5.41) is 11.4. The first kappa shape index (κ1) is 16.4. The number of aliphatic hydroxyl groups is 1. The van der Waals surface area contributed by atoms with Crippen molar-refractivity contribution in [1.82, 2.24) is 9.71 Å². The molecule has 0 unspecified atom stereocenters. The van der Waals surface area contributed by atoms with Crippen molar-refractivity contribution < 1.29 is 13.5 Å². The zero-order chi connectivity index (χ0) is 15.5. The molecule has 0 bridgehead atoms. The fraction of sp³-hybridized carbons (Fsp3) is 0.308. The van der Waals surface area contributed by atoms with Crippen LogP contribution in [0.25, 0.3) is 0 Å². The van der Waals surface area contributed by atoms with Crippen LogP contribution in [-0.2, 0) is 23.1 Å². The van der Waals surface area contributed by atoms with Gasteiger partial charge in [0.2, 0.25) is 10.0 Å². The van der Waals surface area contributed by atoms with Crippen molar-refractivity contribution in [3.8, 4) is 0 Å². The Labute approximate surface area is 132 Å². The Morgan fingerprint density at radius 1 is 1.43 bits per heavy atom. The highest BCUT2D eigenvalue weighted by atomic mass is 35.5. The molecule has 5 nitrogen and oxygen atoms in total. The number of aliphatic hydroxyl groups excluding tert-OH is 1. The number of nitrogens with zero attached hydrogens (tertiary/aromatic N) is 1. The maximum Gasteiger partial charge on any atom is 0.240 e. The number of nitrogens with one attached hydrogen (secondary N) is 1. The molecule has 0 radical (unpaired) electrons. The average Bonchev–Trinajstić information content (AvgIpc) is 2.93. The summed E-state index contributed by atoms with van der Waals surface area (Å²) in [6.07, 6.45) is 0.523. The van der Waals surface area contributed by atoms with Gasteiger partial charge in [0, 0.05) is 23.4 Å². The molecule has 0 saturated carbocycles. The van der Waals surface area contributed by atoms with Gasteiger partial charge in [0.25, 0.3) is 0 Å². The van der Waals surface area contributed by atoms with Crippen LogP contribution in [0.15, 0.2) is 27.9 Å². The predicted octanol–water partition coefficient (Wildman–Crippen LogP) is 2.12. The first-order valence-electron chi connectivity index (χ1n) is 6.20. The Bertz CT molecular complexity index is 715. The highest BCUT2D eigenvalue weighted by Gasteiger charge is 2.19. The number of hydrogen-bond acceptors (Lipinski definition) is 5. The van der Waals surface area contributed by atoms with Gasteiger partial charge in [-0.3, -0.25) is 0 Å². The molecule has 0 aliphatic carbocycles. The van der Waals surface area contributed by atoms with Gasteiger partial charge in [0.15, 0.2) is 0 Å². The van der Waals surface area contributed by atoms with Gasteiger partial charge < -0.3 is 5.11 Å². The first-order valence-corrected chi connectivity index (χ1v) is 9.01. The molecule has 8 heteroatoms. The number of rotatable bonds is 6. The largest absolute Gasteiger partial charge is 0.392 e. The van der Waals surface area contributed by atoms with E-state index in [2.05, 4.69) is 9.71 Å². The molecule has 0 saturated heterocycles. The third kappa shape index (κ3) is 4.02. The van der Waals surface area contributed by atoms with E-state index in [9.17, 15) is 13.5 Å². The molecule has 2 aromatic rings. The summed E-state index contributed by atoms with van der Waals surface area (Å²) >= 11 is 7.38. The number of halogens is 1. The highest BCUT2D eigenvalue weighted by Crippen LogP contribution is 2.24. The monoisotopic (exact) mass is 346 g/mol. The summed E-state index contributed by atoms with van der Waals surface area (Å²) in [6, 6.07) is 2.95.